The minimum absolute atomic E-state index is 0.127. The smallest absolute Gasteiger partial charge is 0.408 e. The molecular weight excluding hydrogens is 404 g/mol. The Hall–Kier alpha value is -4.13. The number of aromatic amines is 1. The van der Waals surface area contributed by atoms with Gasteiger partial charge < -0.3 is 20.4 Å². The Labute approximate surface area is 185 Å². The Bertz CT molecular complexity index is 1210. The lowest BCUT2D eigenvalue weighted by Gasteiger charge is -2.18. The van der Waals surface area contributed by atoms with Crippen molar-refractivity contribution in [2.24, 2.45) is 0 Å². The molecule has 0 aliphatic heterocycles. The Morgan fingerprint density at radius 2 is 1.66 bits per heavy atom. The Morgan fingerprint density at radius 3 is 2.38 bits per heavy atom. The Morgan fingerprint density at radius 1 is 0.969 bits per heavy atom. The highest BCUT2D eigenvalue weighted by molar-refractivity contribution is 5.98. The third-order valence-corrected chi connectivity index (χ3v) is 4.97. The number of H-pyrrole nitrogens is 1. The molecule has 0 aliphatic carbocycles. The number of carbonyl (C=O) groups is 2. The van der Waals surface area contributed by atoms with Gasteiger partial charge in [-0.1, -0.05) is 60.7 Å². The summed E-state index contributed by atoms with van der Waals surface area (Å²) < 4.78 is 5.31. The maximum Gasteiger partial charge on any atom is 0.408 e. The molecule has 3 N–H and O–H groups in total. The van der Waals surface area contributed by atoms with Crippen LogP contribution in [0.5, 0.6) is 0 Å². The van der Waals surface area contributed by atoms with Crippen LogP contribution in [0.2, 0.25) is 0 Å². The molecule has 0 saturated heterocycles. The molecule has 7 heteroatoms. The van der Waals surface area contributed by atoms with Gasteiger partial charge in [0.25, 0.3) is 0 Å². The van der Waals surface area contributed by atoms with E-state index in [1.165, 1.54) is 0 Å². The number of aromatic nitrogens is 2. The first-order chi connectivity index (χ1) is 15.6. The summed E-state index contributed by atoms with van der Waals surface area (Å²) >= 11 is 0. The molecule has 0 spiro atoms. The van der Waals surface area contributed by atoms with Gasteiger partial charge in [0.2, 0.25) is 5.91 Å². The van der Waals surface area contributed by atoms with Crippen LogP contribution in [-0.2, 0) is 22.6 Å². The summed E-state index contributed by atoms with van der Waals surface area (Å²) in [6.45, 7) is 2.00. The van der Waals surface area contributed by atoms with E-state index in [0.717, 1.165) is 28.0 Å². The van der Waals surface area contributed by atoms with Crippen molar-refractivity contribution in [1.29, 1.82) is 0 Å². The van der Waals surface area contributed by atoms with Gasteiger partial charge in [-0.2, -0.15) is 0 Å². The van der Waals surface area contributed by atoms with Crippen LogP contribution in [0.4, 0.5) is 10.5 Å². The van der Waals surface area contributed by atoms with Gasteiger partial charge in [0.05, 0.1) is 11.0 Å². The predicted molar refractivity (Wildman–Crippen MR) is 123 cm³/mol. The maximum absolute atomic E-state index is 13.1. The molecule has 1 unspecified atom stereocenters. The van der Waals surface area contributed by atoms with Crippen LogP contribution < -0.4 is 10.6 Å². The molecule has 162 valence electrons. The first-order valence-corrected chi connectivity index (χ1v) is 10.4. The fourth-order valence-electron chi connectivity index (χ4n) is 3.41. The molecule has 4 rings (SSSR count). The molecule has 32 heavy (non-hydrogen) atoms. The normalized spacial score (nSPS) is 11.7. The molecule has 2 amide bonds. The minimum atomic E-state index is -0.806. The van der Waals surface area contributed by atoms with Crippen LogP contribution in [0, 0.1) is 6.92 Å². The first-order valence-electron chi connectivity index (χ1n) is 10.4. The zero-order valence-electron chi connectivity index (χ0n) is 17.7. The molecule has 1 heterocycles. The molecule has 3 aromatic carbocycles. The highest BCUT2D eigenvalue weighted by atomic mass is 16.5. The Balaban J connectivity index is 1.45. The number of fused-ring (bicyclic) bond motifs is 1. The molecule has 0 aliphatic rings. The predicted octanol–water partition coefficient (Wildman–Crippen LogP) is 4.35. The van der Waals surface area contributed by atoms with Crippen molar-refractivity contribution in [3.05, 3.63) is 95.8 Å². The van der Waals surface area contributed by atoms with Crippen LogP contribution in [0.3, 0.4) is 0 Å². The van der Waals surface area contributed by atoms with Gasteiger partial charge in [0.15, 0.2) is 0 Å². The number of ether oxygens (including phenoxy) is 1. The van der Waals surface area contributed by atoms with Crippen LogP contribution in [-0.4, -0.2) is 28.0 Å². The van der Waals surface area contributed by atoms with Crippen molar-refractivity contribution in [3.8, 4) is 0 Å². The van der Waals surface area contributed by atoms with Gasteiger partial charge in [0.1, 0.15) is 18.5 Å². The number of hydrogen-bond acceptors (Lipinski definition) is 4. The monoisotopic (exact) mass is 428 g/mol. The second-order valence-corrected chi connectivity index (χ2v) is 7.49. The third-order valence-electron chi connectivity index (χ3n) is 4.97. The van der Waals surface area contributed by atoms with Crippen molar-refractivity contribution in [2.75, 3.05) is 5.32 Å². The van der Waals surface area contributed by atoms with Gasteiger partial charge in [-0.3, -0.25) is 4.79 Å². The number of anilines is 1. The number of nitrogens with one attached hydrogen (secondary N) is 3. The van der Waals surface area contributed by atoms with E-state index in [1.807, 2.05) is 79.7 Å². The largest absolute Gasteiger partial charge is 0.445 e. The SMILES string of the molecule is Cc1nc2ccc(NC(=O)C(Cc3ccccc3)NC(=O)OCc3ccccc3)cc2[nH]1. The van der Waals surface area contributed by atoms with Gasteiger partial charge in [-0.15, -0.1) is 0 Å². The summed E-state index contributed by atoms with van der Waals surface area (Å²) in [6, 6.07) is 23.5. The number of rotatable bonds is 7. The summed E-state index contributed by atoms with van der Waals surface area (Å²) in [4.78, 5) is 33.0. The zero-order valence-corrected chi connectivity index (χ0v) is 17.7. The number of hydrogen-bond donors (Lipinski definition) is 3. The summed E-state index contributed by atoms with van der Waals surface area (Å²) in [5.74, 6) is 0.467. The molecule has 0 saturated carbocycles. The van der Waals surface area contributed by atoms with Crippen molar-refractivity contribution in [2.45, 2.75) is 26.0 Å². The molecule has 7 nitrogen and oxygen atoms in total. The molecule has 0 bridgehead atoms. The van der Waals surface area contributed by atoms with E-state index in [2.05, 4.69) is 20.6 Å². The lowest BCUT2D eigenvalue weighted by molar-refractivity contribution is -0.118. The van der Waals surface area contributed by atoms with Gasteiger partial charge in [-0.05, 0) is 36.2 Å². The van der Waals surface area contributed by atoms with Crippen LogP contribution in [0.15, 0.2) is 78.9 Å². The van der Waals surface area contributed by atoms with E-state index in [1.54, 1.807) is 6.07 Å². The van der Waals surface area contributed by atoms with Crippen molar-refractivity contribution in [1.82, 2.24) is 15.3 Å². The van der Waals surface area contributed by atoms with Crippen LogP contribution in [0.1, 0.15) is 17.0 Å². The molecule has 1 atom stereocenters. The van der Waals surface area contributed by atoms with E-state index in [0.29, 0.717) is 12.1 Å². The van der Waals surface area contributed by atoms with E-state index < -0.39 is 12.1 Å². The van der Waals surface area contributed by atoms with E-state index in [9.17, 15) is 9.59 Å². The fraction of sp³-hybridized carbons (Fsp3) is 0.160. The average Bonchev–Trinajstić information content (AvgIpc) is 3.18. The van der Waals surface area contributed by atoms with Gasteiger partial charge in [0, 0.05) is 12.1 Å². The second kappa shape index (κ2) is 9.78. The van der Waals surface area contributed by atoms with Gasteiger partial charge >= 0.3 is 6.09 Å². The zero-order chi connectivity index (χ0) is 22.3. The molecule has 1 aromatic heterocycles. The number of amides is 2. The standard InChI is InChI=1S/C25H24N4O3/c1-17-26-21-13-12-20(15-22(21)27-17)28-24(30)23(14-18-8-4-2-5-9-18)29-25(31)32-16-19-10-6-3-7-11-19/h2-13,15,23H,14,16H2,1H3,(H,26,27)(H,28,30)(H,29,31). The number of benzene rings is 3. The summed E-state index contributed by atoms with van der Waals surface area (Å²) in [5.41, 5.74) is 4.06. The number of aryl methyl sites for hydroxylation is 1. The highest BCUT2D eigenvalue weighted by Crippen LogP contribution is 2.18. The highest BCUT2D eigenvalue weighted by Gasteiger charge is 2.22. The maximum atomic E-state index is 13.1. The molecule has 0 fully saturated rings. The van der Waals surface area contributed by atoms with Crippen LogP contribution >= 0.6 is 0 Å². The summed E-state index contributed by atoms with van der Waals surface area (Å²) in [7, 11) is 0. The lowest BCUT2D eigenvalue weighted by atomic mass is 10.1. The minimum Gasteiger partial charge on any atom is -0.445 e. The van der Waals surface area contributed by atoms with E-state index >= 15 is 0 Å². The molecular formula is C25H24N4O3. The van der Waals surface area contributed by atoms with Crippen LogP contribution in [0.25, 0.3) is 11.0 Å². The van der Waals surface area contributed by atoms with E-state index in [-0.39, 0.29) is 12.5 Å². The quantitative estimate of drug-likeness (QED) is 0.408. The molecule has 0 radical (unpaired) electrons. The Kier molecular flexibility index (Phi) is 6.46. The topological polar surface area (TPSA) is 96.1 Å². The summed E-state index contributed by atoms with van der Waals surface area (Å²) in [5, 5.41) is 5.59. The first kappa shape index (κ1) is 21.1. The van der Waals surface area contributed by atoms with Crippen molar-refractivity contribution < 1.29 is 14.3 Å². The number of nitrogens with zero attached hydrogens (tertiary/aromatic N) is 1. The van der Waals surface area contributed by atoms with E-state index in [4.69, 9.17) is 4.74 Å². The van der Waals surface area contributed by atoms with Gasteiger partial charge in [-0.25, -0.2) is 9.78 Å². The van der Waals surface area contributed by atoms with Crippen molar-refractivity contribution in [3.63, 3.8) is 0 Å². The molecule has 4 aromatic rings. The number of alkyl carbamates (subject to hydrolysis) is 1. The fourth-order valence-corrected chi connectivity index (χ4v) is 3.41. The third kappa shape index (κ3) is 5.51. The number of imidazole rings is 1. The second-order valence-electron chi connectivity index (χ2n) is 7.49. The average molecular weight is 428 g/mol. The summed E-state index contributed by atoms with van der Waals surface area (Å²) in [6.07, 6.45) is -0.317. The van der Waals surface area contributed by atoms with Crippen molar-refractivity contribution >= 4 is 28.7 Å². The number of carbonyl (C=O) groups excluding carboxylic acids is 2. The lowest BCUT2D eigenvalue weighted by Crippen LogP contribution is -2.45.